The summed E-state index contributed by atoms with van der Waals surface area (Å²) in [7, 11) is 0. The van der Waals surface area contributed by atoms with Crippen LogP contribution >= 0.6 is 11.8 Å². The second kappa shape index (κ2) is 15.3. The highest BCUT2D eigenvalue weighted by Crippen LogP contribution is 2.31. The van der Waals surface area contributed by atoms with E-state index in [4.69, 9.17) is 11.0 Å². The summed E-state index contributed by atoms with van der Waals surface area (Å²) in [4.78, 5) is 34.3. The van der Waals surface area contributed by atoms with Crippen molar-refractivity contribution in [2.24, 2.45) is 0 Å². The van der Waals surface area contributed by atoms with Crippen molar-refractivity contribution in [1.29, 1.82) is 0 Å². The molecular formula is C36H38F4N4O2S. The van der Waals surface area contributed by atoms with Gasteiger partial charge < -0.3 is 14.4 Å². The van der Waals surface area contributed by atoms with E-state index in [9.17, 15) is 32.6 Å². The van der Waals surface area contributed by atoms with Crippen molar-refractivity contribution in [3.8, 4) is 11.1 Å². The monoisotopic (exact) mass is 678 g/mol. The number of hydrogen-bond donors (Lipinski definition) is 0. The molecule has 1 aromatic heterocycles. The molecule has 3 aromatic carbocycles. The first-order valence-corrected chi connectivity index (χ1v) is 15.3. The smallest absolute Gasteiger partial charge is 0.336 e. The molecule has 4 aromatic rings. The highest BCUT2D eigenvalue weighted by molar-refractivity contribution is 7.98. The zero-order chi connectivity index (χ0) is 44.3. The molecule has 0 spiro atoms. The molecule has 0 saturated heterocycles. The molecule has 6 nitrogen and oxygen atoms in total. The average molecular weight is 679 g/mol. The van der Waals surface area contributed by atoms with Gasteiger partial charge in [0.2, 0.25) is 5.91 Å². The molecule has 0 fully saturated rings. The Morgan fingerprint density at radius 1 is 0.936 bits per heavy atom. The lowest BCUT2D eigenvalue weighted by molar-refractivity contribution is -0.137. The van der Waals surface area contributed by atoms with Crippen LogP contribution in [0, 0.1) is 5.82 Å². The Morgan fingerprint density at radius 2 is 1.55 bits per heavy atom. The van der Waals surface area contributed by atoms with Crippen LogP contribution in [0.3, 0.4) is 0 Å². The van der Waals surface area contributed by atoms with Gasteiger partial charge in [0.15, 0.2) is 5.16 Å². The Hall–Kier alpha value is -3.96. The van der Waals surface area contributed by atoms with Crippen molar-refractivity contribution < 1.29 is 38.8 Å². The minimum absolute atomic E-state index is 0.0243. The van der Waals surface area contributed by atoms with Gasteiger partial charge in [-0.1, -0.05) is 74.1 Å². The summed E-state index contributed by atoms with van der Waals surface area (Å²) in [6.07, 6.45) is -15.2. The van der Waals surface area contributed by atoms with Crippen molar-refractivity contribution in [2.45, 2.75) is 63.0 Å². The van der Waals surface area contributed by atoms with E-state index in [1.165, 1.54) is 36.4 Å². The molecule has 0 unspecified atom stereocenters. The van der Waals surface area contributed by atoms with Gasteiger partial charge in [-0.05, 0) is 78.7 Å². The number of aromatic nitrogens is 2. The number of carbonyl (C=O) groups excluding carboxylic acids is 1. The number of thioether (sulfide) groups is 1. The first kappa shape index (κ1) is 21.8. The first-order valence-electron chi connectivity index (χ1n) is 20.5. The van der Waals surface area contributed by atoms with Gasteiger partial charge in [-0.3, -0.25) is 9.59 Å². The fourth-order valence-corrected chi connectivity index (χ4v) is 5.27. The SMILES string of the molecule is [2H]C([2H])(Sc1nc(=O)c2c(n1C([2H])([2H])C(=O)N(CCN(CC)CC)C([2H])([2H])c1ccc(-c3ccc(C(F)(F)F)cc3)cc1)C([2H])([2H])C([2H])([2H])C2([2H])[2H])c1ccc(F)cc1. The maximum Gasteiger partial charge on any atom is 0.416 e. The summed E-state index contributed by atoms with van der Waals surface area (Å²) < 4.78 is 159. The third-order valence-corrected chi connectivity index (χ3v) is 8.01. The zero-order valence-corrected chi connectivity index (χ0v) is 26.1. The van der Waals surface area contributed by atoms with E-state index in [0.29, 0.717) is 29.1 Å². The molecule has 1 aliphatic carbocycles. The fraction of sp³-hybridized carbons (Fsp3) is 0.361. The minimum atomic E-state index is -4.58. The van der Waals surface area contributed by atoms with Gasteiger partial charge in [0.1, 0.15) is 12.3 Å². The van der Waals surface area contributed by atoms with Gasteiger partial charge in [-0.25, -0.2) is 4.39 Å². The van der Waals surface area contributed by atoms with Crippen molar-refractivity contribution in [3.63, 3.8) is 0 Å². The number of likely N-dealkylation sites (N-methyl/N-ethyl adjacent to an activating group) is 1. The van der Waals surface area contributed by atoms with E-state index < -0.39 is 89.8 Å². The molecule has 0 saturated carbocycles. The topological polar surface area (TPSA) is 58.4 Å². The lowest BCUT2D eigenvalue weighted by atomic mass is 10.0. The first-order chi connectivity index (χ1) is 27.1. The van der Waals surface area contributed by atoms with Crippen LogP contribution in [-0.2, 0) is 42.4 Å². The summed E-state index contributed by atoms with van der Waals surface area (Å²) in [5.74, 6) is -2.47. The molecule has 0 radical (unpaired) electrons. The second-order valence-electron chi connectivity index (χ2n) is 10.2. The lowest BCUT2D eigenvalue weighted by Crippen LogP contribution is -2.40. The molecule has 1 aliphatic rings. The van der Waals surface area contributed by atoms with Gasteiger partial charge >= 0.3 is 6.18 Å². The van der Waals surface area contributed by atoms with Crippen LogP contribution in [0.25, 0.3) is 11.1 Å². The van der Waals surface area contributed by atoms with Gasteiger partial charge in [0, 0.05) is 47.5 Å². The normalized spacial score (nSPS) is 20.7. The summed E-state index contributed by atoms with van der Waals surface area (Å²) in [6, 6.07) is 13.3. The molecule has 248 valence electrons. The number of amides is 1. The van der Waals surface area contributed by atoms with Crippen LogP contribution in [0.15, 0.2) is 82.7 Å². The lowest BCUT2D eigenvalue weighted by Gasteiger charge is -2.28. The average Bonchev–Trinajstić information content (AvgIpc) is 3.26. The number of halogens is 4. The van der Waals surface area contributed by atoms with E-state index >= 15 is 0 Å². The predicted octanol–water partition coefficient (Wildman–Crippen LogP) is 7.22. The van der Waals surface area contributed by atoms with Gasteiger partial charge in [0.05, 0.1) is 11.0 Å². The summed E-state index contributed by atoms with van der Waals surface area (Å²) in [6.45, 7) is -2.86. The molecule has 0 N–H and O–H groups in total. The molecule has 1 heterocycles. The molecule has 0 atom stereocenters. The Bertz CT molecular complexity index is 2250. The molecular weight excluding hydrogens is 628 g/mol. The highest BCUT2D eigenvalue weighted by Gasteiger charge is 2.30. The highest BCUT2D eigenvalue weighted by atomic mass is 32.2. The standard InChI is InChI=1S/C36H38F4N4O2S/c1-3-42(4-2)20-21-43(22-25-8-12-27(13-9-25)28-14-16-29(17-15-28)36(38,39)40)33(45)23-44-32-7-5-6-31(32)34(46)41-35(44)47-24-26-10-18-30(37)19-11-26/h8-19H,3-7,20-24H2,1-2H3/i5D2,6D2,7D2,22D2,23D2,24D2. The Balaban J connectivity index is 1.69. The number of hydrogen-bond acceptors (Lipinski definition) is 5. The van der Waals surface area contributed by atoms with Crippen LogP contribution in [0.4, 0.5) is 17.6 Å². The number of fused-ring (bicyclic) bond motifs is 1. The Morgan fingerprint density at radius 3 is 2.17 bits per heavy atom. The van der Waals surface area contributed by atoms with Crippen LogP contribution in [0.2, 0.25) is 0 Å². The number of carbonyl (C=O) groups is 1. The van der Waals surface area contributed by atoms with Crippen molar-refractivity contribution in [3.05, 3.63) is 117 Å². The van der Waals surface area contributed by atoms with Crippen LogP contribution in [-0.4, -0.2) is 51.4 Å². The zero-order valence-electron chi connectivity index (χ0n) is 37.3. The predicted molar refractivity (Wildman–Crippen MR) is 177 cm³/mol. The molecule has 5 rings (SSSR count). The van der Waals surface area contributed by atoms with Gasteiger partial charge in [-0.15, -0.1) is 0 Å². The molecule has 0 bridgehead atoms. The van der Waals surface area contributed by atoms with Crippen LogP contribution in [0.1, 0.15) is 64.6 Å². The maximum absolute atomic E-state index is 14.8. The number of rotatable bonds is 13. The molecule has 0 aliphatic heterocycles. The third-order valence-electron chi connectivity index (χ3n) is 7.22. The van der Waals surface area contributed by atoms with Crippen LogP contribution in [0.5, 0.6) is 0 Å². The molecule has 1 amide bonds. The summed E-state index contributed by atoms with van der Waals surface area (Å²) in [5, 5.41) is -1.04. The van der Waals surface area contributed by atoms with Crippen molar-refractivity contribution >= 4 is 17.7 Å². The Kier molecular flexibility index (Phi) is 7.10. The largest absolute Gasteiger partial charge is 0.416 e. The summed E-state index contributed by atoms with van der Waals surface area (Å²) in [5.41, 5.74) is -7.52. The fourth-order valence-electron chi connectivity index (χ4n) is 4.57. The van der Waals surface area contributed by atoms with Gasteiger partial charge in [-0.2, -0.15) is 18.2 Å². The van der Waals surface area contributed by atoms with E-state index in [2.05, 4.69) is 4.98 Å². The molecule has 47 heavy (non-hydrogen) atoms. The van der Waals surface area contributed by atoms with E-state index in [1.54, 1.807) is 18.7 Å². The minimum Gasteiger partial charge on any atom is -0.336 e. The maximum atomic E-state index is 14.8. The third kappa shape index (κ3) is 8.70. The quantitative estimate of drug-likeness (QED) is 0.0850. The molecule has 11 heteroatoms. The summed E-state index contributed by atoms with van der Waals surface area (Å²) >= 11 is -0.0243. The second-order valence-corrected chi connectivity index (χ2v) is 11.0. The van der Waals surface area contributed by atoms with Crippen molar-refractivity contribution in [1.82, 2.24) is 19.4 Å². The van der Waals surface area contributed by atoms with Crippen LogP contribution < -0.4 is 5.56 Å². The van der Waals surface area contributed by atoms with E-state index in [0.717, 1.165) is 36.4 Å². The number of benzene rings is 3. The van der Waals surface area contributed by atoms with E-state index in [1.807, 2.05) is 0 Å². The number of nitrogens with zero attached hydrogens (tertiary/aromatic N) is 4. The van der Waals surface area contributed by atoms with Gasteiger partial charge in [0.25, 0.3) is 5.56 Å². The number of alkyl halides is 3. The Labute approximate surface area is 293 Å². The van der Waals surface area contributed by atoms with Crippen molar-refractivity contribution in [2.75, 3.05) is 26.2 Å². The van der Waals surface area contributed by atoms with E-state index in [-0.39, 0.29) is 34.0 Å².